The average molecular weight is 781 g/mol. The topological polar surface area (TPSA) is 27.7 Å². The Morgan fingerprint density at radius 1 is 0.255 bits per heavy atom. The summed E-state index contributed by atoms with van der Waals surface area (Å²) < 4.78 is 27.9. The Morgan fingerprint density at radius 2 is 0.447 bits per heavy atom. The molecule has 0 N–H and O–H groups in total. The second-order valence-electron chi connectivity index (χ2n) is 11.2. The van der Waals surface area contributed by atoms with Crippen LogP contribution in [0.4, 0.5) is 0 Å². The molecule has 0 radical (unpaired) electrons. The van der Waals surface area contributed by atoms with Crippen LogP contribution in [0.5, 0.6) is 17.2 Å². The summed E-state index contributed by atoms with van der Waals surface area (Å²) in [7, 11) is -5.13. The fourth-order valence-corrected chi connectivity index (χ4v) is 64.9. The van der Waals surface area contributed by atoms with Crippen molar-refractivity contribution < 1.29 is 9.22 Å². The van der Waals surface area contributed by atoms with Gasteiger partial charge in [-0.1, -0.05) is 0 Å². The van der Waals surface area contributed by atoms with Crippen LogP contribution in [0, 0.1) is 0 Å². The van der Waals surface area contributed by atoms with Gasteiger partial charge in [0, 0.05) is 0 Å². The van der Waals surface area contributed by atoms with Crippen molar-refractivity contribution in [3.63, 3.8) is 0 Å². The molecule has 47 heavy (non-hydrogen) atoms. The van der Waals surface area contributed by atoms with Crippen LogP contribution in [0.2, 0.25) is 0 Å². The Labute approximate surface area is 280 Å². The molecule has 7 aromatic carbocycles. The summed E-state index contributed by atoms with van der Waals surface area (Å²) in [5.41, 5.74) is 0. The molecule has 0 aliphatic carbocycles. The Morgan fingerprint density at radius 3 is 0.660 bits per heavy atom. The van der Waals surface area contributed by atoms with Crippen molar-refractivity contribution in [3.8, 4) is 17.2 Å². The maximum absolute atomic E-state index is 7.74. The van der Waals surface area contributed by atoms with Gasteiger partial charge in [0.25, 0.3) is 0 Å². The van der Waals surface area contributed by atoms with Crippen LogP contribution in [0.3, 0.4) is 0 Å². The summed E-state index contributed by atoms with van der Waals surface area (Å²) in [5.74, 6) is 2.13. The molecule has 0 unspecified atom stereocenters. The van der Waals surface area contributed by atoms with E-state index in [9.17, 15) is 0 Å². The van der Waals surface area contributed by atoms with E-state index in [1.54, 1.807) is 0 Å². The molecule has 7 rings (SSSR count). The summed E-state index contributed by atoms with van der Waals surface area (Å²) in [5, 5.41) is 0. The van der Waals surface area contributed by atoms with Gasteiger partial charge in [0.05, 0.1) is 0 Å². The van der Waals surface area contributed by atoms with E-state index in [-0.39, 0.29) is 0 Å². The maximum atomic E-state index is 7.74. The molecule has 0 aromatic heterocycles. The van der Waals surface area contributed by atoms with E-state index in [1.165, 1.54) is 0 Å². The van der Waals surface area contributed by atoms with Crippen LogP contribution in [-0.4, -0.2) is 26.3 Å². The van der Waals surface area contributed by atoms with Crippen molar-refractivity contribution in [3.05, 3.63) is 212 Å². The molecule has 0 bridgehead atoms. The van der Waals surface area contributed by atoms with Crippen molar-refractivity contribution in [1.82, 2.24) is 0 Å². The number of para-hydroxylation sites is 3. The van der Waals surface area contributed by atoms with Gasteiger partial charge in [0.2, 0.25) is 0 Å². The van der Waals surface area contributed by atoms with Crippen molar-refractivity contribution in [1.29, 1.82) is 0 Å². The van der Waals surface area contributed by atoms with Crippen LogP contribution in [-0.2, 0) is 0 Å². The fourth-order valence-electron chi connectivity index (χ4n) is 6.68. The summed E-state index contributed by atoms with van der Waals surface area (Å²) >= 11 is -5.49. The minimum absolute atomic E-state index is 0.709. The normalized spacial score (nSPS) is 12.3. The van der Waals surface area contributed by atoms with Crippen molar-refractivity contribution in [2.24, 2.45) is 0 Å². The first-order valence-corrected chi connectivity index (χ1v) is 30.5. The third-order valence-corrected chi connectivity index (χ3v) is 61.7. The molecule has 0 amide bonds. The number of hydrogen-bond acceptors (Lipinski definition) is 3. The van der Waals surface area contributed by atoms with E-state index < -0.39 is 26.3 Å². The molecule has 3 nitrogen and oxygen atoms in total. The average Bonchev–Trinajstić information content (AvgIpc) is 3.15. The van der Waals surface area contributed by atoms with Crippen molar-refractivity contribution >= 4 is 43.7 Å². The van der Waals surface area contributed by atoms with Gasteiger partial charge in [-0.15, -0.1) is 0 Å². The van der Waals surface area contributed by atoms with Crippen LogP contribution in [0.1, 0.15) is 0 Å². The van der Waals surface area contributed by atoms with Gasteiger partial charge in [-0.25, -0.2) is 0 Å². The Hall–Kier alpha value is -4.70. The monoisotopic (exact) mass is 782 g/mol. The first kappa shape index (κ1) is 30.9. The molecule has 0 saturated heterocycles. The summed E-state index contributed by atoms with van der Waals surface area (Å²) in [6.07, 6.45) is 0. The Kier molecular flexibility index (Phi) is 8.93. The molecule has 0 heterocycles. The quantitative estimate of drug-likeness (QED) is 0.129. The third-order valence-electron chi connectivity index (χ3n) is 8.61. The van der Waals surface area contributed by atoms with Crippen molar-refractivity contribution in [2.75, 3.05) is 0 Å². The molecular weight excluding hydrogens is 746 g/mol. The summed E-state index contributed by atoms with van der Waals surface area (Å²) in [6, 6.07) is 73.6. The van der Waals surface area contributed by atoms with Gasteiger partial charge >= 0.3 is 282 Å². The predicted molar refractivity (Wildman–Crippen MR) is 197 cm³/mol. The van der Waals surface area contributed by atoms with Crippen LogP contribution >= 0.6 is 0 Å². The molecule has 0 spiro atoms. The second-order valence-corrected chi connectivity index (χ2v) is 46.0. The fraction of sp³-hybridized carbons (Fsp3) is 0. The van der Waals surface area contributed by atoms with E-state index in [0.29, 0.717) is 17.2 Å². The van der Waals surface area contributed by atoms with E-state index in [0.717, 1.165) is 17.4 Å². The second kappa shape index (κ2) is 13.6. The molecular formula is C42H35AsO3Sn. The molecule has 7 aromatic rings. The summed E-state index contributed by atoms with van der Waals surface area (Å²) in [4.78, 5) is 0. The summed E-state index contributed by atoms with van der Waals surface area (Å²) in [6.45, 7) is 0. The van der Waals surface area contributed by atoms with Crippen molar-refractivity contribution in [2.45, 2.75) is 0 Å². The van der Waals surface area contributed by atoms with Gasteiger partial charge < -0.3 is 0 Å². The van der Waals surface area contributed by atoms with Gasteiger partial charge in [-0.05, 0) is 0 Å². The number of benzene rings is 7. The number of rotatable bonds is 11. The third kappa shape index (κ3) is 5.24. The minimum atomic E-state index is -5.49. The van der Waals surface area contributed by atoms with Crippen LogP contribution < -0.4 is 26.6 Å². The molecule has 0 aliphatic heterocycles. The zero-order valence-electron chi connectivity index (χ0n) is 25.9. The zero-order valence-corrected chi connectivity index (χ0v) is 30.6. The van der Waals surface area contributed by atoms with Gasteiger partial charge in [0.1, 0.15) is 0 Å². The van der Waals surface area contributed by atoms with E-state index >= 15 is 0 Å². The van der Waals surface area contributed by atoms with E-state index in [1.807, 2.05) is 91.0 Å². The molecule has 230 valence electrons. The van der Waals surface area contributed by atoms with Crippen LogP contribution in [0.15, 0.2) is 212 Å². The first-order valence-electron chi connectivity index (χ1n) is 15.7. The SMILES string of the molecule is c1ccc([O][Sn]([O]c2ccccc2)([O]c2ccccc2)[As](c2ccccc2)(c2ccccc2)(c2ccccc2)c2ccccc2)cc1. The first-order chi connectivity index (χ1) is 23.3. The zero-order chi connectivity index (χ0) is 31.9. The van der Waals surface area contributed by atoms with Gasteiger partial charge in [0.15, 0.2) is 0 Å². The molecule has 5 heteroatoms. The molecule has 0 aliphatic rings. The molecule has 0 saturated carbocycles. The Bertz CT molecular complexity index is 1730. The molecule has 0 fully saturated rings. The predicted octanol–water partition coefficient (Wildman–Crippen LogP) is 7.27. The number of hydrogen-bond donors (Lipinski definition) is 0. The van der Waals surface area contributed by atoms with Gasteiger partial charge in [-0.3, -0.25) is 0 Å². The standard InChI is InChI=1S/C24H20As.3C6H6O.Sn/c1-5-13-21(14-6-1)25(22-15-7-2-8-16-22,23-17-9-3-10-18-23)24-19-11-4-12-20-24;3*7-6-4-2-1-3-5-6;/h1-20H;3*1-5,7H;/q+1;;;;+2/p-3. The van der Waals surface area contributed by atoms with Crippen LogP contribution in [0.25, 0.3) is 0 Å². The van der Waals surface area contributed by atoms with E-state index in [4.69, 9.17) is 9.22 Å². The Balaban J connectivity index is 1.78. The molecule has 0 atom stereocenters. The van der Waals surface area contributed by atoms with Gasteiger partial charge in [-0.2, -0.15) is 0 Å². The van der Waals surface area contributed by atoms with E-state index in [2.05, 4.69) is 121 Å².